The van der Waals surface area contributed by atoms with Crippen LogP contribution in [0.4, 0.5) is 13.2 Å². The van der Waals surface area contributed by atoms with E-state index in [2.05, 4.69) is 15.2 Å². The van der Waals surface area contributed by atoms with Gasteiger partial charge in [-0.05, 0) is 49.2 Å². The number of nitrogens with two attached hydrogens (primary N) is 1. The molecule has 0 spiro atoms. The molecule has 4 aromatic rings. The maximum absolute atomic E-state index is 13.4. The molecule has 2 aromatic carbocycles. The van der Waals surface area contributed by atoms with E-state index in [0.29, 0.717) is 29.0 Å². The number of likely N-dealkylation sites (tertiary alicyclic amines) is 1. The van der Waals surface area contributed by atoms with Crippen molar-refractivity contribution in [2.45, 2.75) is 44.3 Å². The highest BCUT2D eigenvalue weighted by Gasteiger charge is 2.39. The second kappa shape index (κ2) is 11.8. The average Bonchev–Trinajstić information content (AvgIpc) is 3.69. The number of hydrogen-bond donors (Lipinski definition) is 2. The van der Waals surface area contributed by atoms with Gasteiger partial charge in [-0.2, -0.15) is 13.2 Å². The van der Waals surface area contributed by atoms with Gasteiger partial charge in [-0.15, -0.1) is 10.2 Å². The number of primary amides is 1. The summed E-state index contributed by atoms with van der Waals surface area (Å²) in [5, 5.41) is 18.7. The summed E-state index contributed by atoms with van der Waals surface area (Å²) in [4.78, 5) is 44.0. The molecule has 1 saturated heterocycles. The van der Waals surface area contributed by atoms with E-state index in [1.807, 2.05) is 0 Å². The Labute approximate surface area is 251 Å². The number of amides is 2. The van der Waals surface area contributed by atoms with E-state index in [0.717, 1.165) is 4.68 Å². The number of carbonyl (C=O) groups is 2. The van der Waals surface area contributed by atoms with Crippen LogP contribution < -0.4 is 11.4 Å². The first-order chi connectivity index (χ1) is 20.3. The van der Waals surface area contributed by atoms with Crippen molar-refractivity contribution < 1.29 is 27.9 Å². The van der Waals surface area contributed by atoms with Crippen molar-refractivity contribution in [3.8, 4) is 17.1 Å². The number of rotatable bonds is 8. The van der Waals surface area contributed by atoms with E-state index in [-0.39, 0.29) is 40.0 Å². The Morgan fingerprint density at radius 1 is 1.12 bits per heavy atom. The summed E-state index contributed by atoms with van der Waals surface area (Å²) >= 11 is 12.4. The van der Waals surface area contributed by atoms with Crippen LogP contribution >= 0.6 is 23.2 Å². The minimum atomic E-state index is -4.98. The average molecular weight is 639 g/mol. The highest BCUT2D eigenvalue weighted by molar-refractivity contribution is 6.33. The molecule has 0 saturated carbocycles. The topological polar surface area (TPSA) is 154 Å². The van der Waals surface area contributed by atoms with Crippen LogP contribution in [0.5, 0.6) is 0 Å². The Morgan fingerprint density at radius 2 is 1.84 bits per heavy atom. The smallest absolute Gasteiger partial charge is 0.382 e. The maximum atomic E-state index is 13.4. The lowest BCUT2D eigenvalue weighted by molar-refractivity contribution is -0.207. The third-order valence-corrected chi connectivity index (χ3v) is 7.43. The molecule has 0 bridgehead atoms. The van der Waals surface area contributed by atoms with Crippen molar-refractivity contribution in [2.75, 3.05) is 6.54 Å². The second-order valence-corrected chi connectivity index (χ2v) is 10.6. The molecule has 12 nitrogen and oxygen atoms in total. The van der Waals surface area contributed by atoms with Crippen LogP contribution in [-0.2, 0) is 17.9 Å². The Balaban J connectivity index is 1.49. The van der Waals surface area contributed by atoms with Crippen LogP contribution in [0, 0.1) is 0 Å². The fraction of sp³-hybridized carbons (Fsp3) is 0.308. The van der Waals surface area contributed by atoms with Gasteiger partial charge in [-0.25, -0.2) is 19.1 Å². The molecule has 1 aliphatic heterocycles. The van der Waals surface area contributed by atoms with Gasteiger partial charge in [0.1, 0.15) is 18.9 Å². The summed E-state index contributed by atoms with van der Waals surface area (Å²) in [7, 11) is 0. The molecule has 1 unspecified atom stereocenters. The first kappa shape index (κ1) is 30.3. The summed E-state index contributed by atoms with van der Waals surface area (Å²) in [6.45, 7) is -1.15. The predicted molar refractivity (Wildman–Crippen MR) is 148 cm³/mol. The number of aliphatic hydroxyl groups is 1. The lowest BCUT2D eigenvalue weighted by atomic mass is 10.1. The van der Waals surface area contributed by atoms with E-state index < -0.39 is 42.4 Å². The Morgan fingerprint density at radius 3 is 2.51 bits per heavy atom. The number of halogens is 5. The number of nitrogens with zero attached hydrogens (tertiary/aromatic N) is 7. The Bertz CT molecular complexity index is 1740. The van der Waals surface area contributed by atoms with Gasteiger partial charge >= 0.3 is 11.9 Å². The van der Waals surface area contributed by atoms with E-state index in [4.69, 9.17) is 28.9 Å². The maximum Gasteiger partial charge on any atom is 0.416 e. The van der Waals surface area contributed by atoms with Crippen molar-refractivity contribution in [3.63, 3.8) is 0 Å². The third-order valence-electron chi connectivity index (χ3n) is 6.88. The first-order valence-electron chi connectivity index (χ1n) is 12.8. The number of alkyl halides is 3. The lowest BCUT2D eigenvalue weighted by Crippen LogP contribution is -2.44. The molecule has 1 fully saturated rings. The Kier molecular flexibility index (Phi) is 8.31. The van der Waals surface area contributed by atoms with Crippen LogP contribution in [0.1, 0.15) is 29.0 Å². The van der Waals surface area contributed by atoms with Crippen molar-refractivity contribution in [2.24, 2.45) is 5.73 Å². The summed E-state index contributed by atoms with van der Waals surface area (Å²) in [6.07, 6.45) is -5.52. The number of carbonyl (C=O) groups excluding carboxylic acids is 2. The van der Waals surface area contributed by atoms with Gasteiger partial charge in [0.05, 0.1) is 22.8 Å². The van der Waals surface area contributed by atoms with Gasteiger partial charge in [0, 0.05) is 17.1 Å². The minimum absolute atomic E-state index is 0.0141. The van der Waals surface area contributed by atoms with Crippen molar-refractivity contribution in [1.82, 2.24) is 34.0 Å². The van der Waals surface area contributed by atoms with Gasteiger partial charge in [0.2, 0.25) is 5.91 Å². The Hall–Kier alpha value is -4.21. The molecular formula is C26H23Cl2F3N8O4. The summed E-state index contributed by atoms with van der Waals surface area (Å²) in [6, 6.07) is 9.73. The second-order valence-electron chi connectivity index (χ2n) is 9.74. The van der Waals surface area contributed by atoms with Crippen LogP contribution in [0.2, 0.25) is 10.0 Å². The normalized spacial score (nSPS) is 16.0. The van der Waals surface area contributed by atoms with Crippen molar-refractivity contribution >= 4 is 35.0 Å². The number of benzene rings is 2. The van der Waals surface area contributed by atoms with E-state index in [9.17, 15) is 32.7 Å². The van der Waals surface area contributed by atoms with Gasteiger partial charge in [0.25, 0.3) is 5.91 Å². The zero-order valence-corrected chi connectivity index (χ0v) is 23.6. The summed E-state index contributed by atoms with van der Waals surface area (Å²) in [5.74, 6) is -1.23. The predicted octanol–water partition coefficient (Wildman–Crippen LogP) is 2.66. The van der Waals surface area contributed by atoms with Crippen molar-refractivity contribution in [1.29, 1.82) is 0 Å². The first-order valence-corrected chi connectivity index (χ1v) is 13.6. The fourth-order valence-corrected chi connectivity index (χ4v) is 5.18. The van der Waals surface area contributed by atoms with Gasteiger partial charge in [-0.1, -0.05) is 29.3 Å². The zero-order valence-electron chi connectivity index (χ0n) is 22.1. The van der Waals surface area contributed by atoms with E-state index >= 15 is 0 Å². The van der Waals surface area contributed by atoms with Crippen LogP contribution in [0.25, 0.3) is 17.1 Å². The number of aliphatic hydroxyl groups excluding tert-OH is 1. The van der Waals surface area contributed by atoms with Crippen molar-refractivity contribution in [3.05, 3.63) is 80.7 Å². The van der Waals surface area contributed by atoms with Gasteiger partial charge < -0.3 is 15.7 Å². The molecule has 43 heavy (non-hydrogen) atoms. The fourth-order valence-electron chi connectivity index (χ4n) is 4.79. The molecule has 2 atom stereocenters. The molecule has 2 aromatic heterocycles. The summed E-state index contributed by atoms with van der Waals surface area (Å²) < 4.78 is 42.3. The zero-order chi connectivity index (χ0) is 31.1. The molecule has 226 valence electrons. The third kappa shape index (κ3) is 6.14. The highest BCUT2D eigenvalue weighted by atomic mass is 35.5. The van der Waals surface area contributed by atoms with Gasteiger partial charge in [0.15, 0.2) is 17.8 Å². The van der Waals surface area contributed by atoms with Gasteiger partial charge in [-0.3, -0.25) is 14.2 Å². The molecule has 17 heteroatoms. The molecule has 0 radical (unpaired) electrons. The number of aromatic nitrogens is 6. The molecule has 2 amide bonds. The number of para-hydroxylation sites is 1. The summed E-state index contributed by atoms with van der Waals surface area (Å²) in [5.41, 5.74) is 5.10. The molecule has 3 heterocycles. The molecule has 0 aliphatic carbocycles. The number of hydrogen-bond acceptors (Lipinski definition) is 7. The standard InChI is InChI=1S/C26H23Cl2F3N8O4/c27-15-8-6-14(7-9-15)23-35-38(25(43)37(23)11-19(40)26(29,30)31)12-20-33-13-39(34-20)21-16(3-1-4-17(21)28)24(42)36-10-2-5-18(36)22(32)41/h1,3-4,6-9,13,18-19,40H,2,5,10-12H2,(H2,32,41)/t18?,19-/m1/s1. The van der Waals surface area contributed by atoms with Crippen LogP contribution in [-0.4, -0.2) is 75.8 Å². The van der Waals surface area contributed by atoms with Crippen LogP contribution in [0.3, 0.4) is 0 Å². The minimum Gasteiger partial charge on any atom is -0.382 e. The van der Waals surface area contributed by atoms with Crippen LogP contribution in [0.15, 0.2) is 53.6 Å². The molecular weight excluding hydrogens is 616 g/mol. The largest absolute Gasteiger partial charge is 0.416 e. The molecule has 1 aliphatic rings. The SMILES string of the molecule is NC(=O)C1CCCN1C(=O)c1cccc(Cl)c1-n1cnc(Cn2nc(-c3ccc(Cl)cc3)n(C[C@@H](O)C(F)(F)F)c2=O)n1. The van der Waals surface area contributed by atoms with E-state index in [1.165, 1.54) is 52.3 Å². The highest BCUT2D eigenvalue weighted by Crippen LogP contribution is 2.28. The monoisotopic (exact) mass is 638 g/mol. The lowest BCUT2D eigenvalue weighted by Gasteiger charge is -2.23. The quantitative estimate of drug-likeness (QED) is 0.301. The molecule has 3 N–H and O–H groups in total. The van der Waals surface area contributed by atoms with E-state index in [1.54, 1.807) is 6.07 Å². The molecule has 5 rings (SSSR count).